The topological polar surface area (TPSA) is 77.2 Å². The molecule has 0 unspecified atom stereocenters. The number of carboxylic acids is 1. The number of rotatable bonds is 7. The molecule has 0 aliphatic carbocycles. The van der Waals surface area contributed by atoms with Gasteiger partial charge in [-0.3, -0.25) is 4.79 Å². The molecule has 1 heterocycles. The SMILES string of the molecule is Cc1cccc(OCCn2cc(CCC(=O)O)nn2)c1. The fourth-order valence-corrected chi connectivity index (χ4v) is 1.76. The first-order valence-electron chi connectivity index (χ1n) is 6.44. The van der Waals surface area contributed by atoms with Crippen LogP contribution in [-0.2, 0) is 17.8 Å². The number of carboxylic acid groups (broad SMARTS) is 1. The van der Waals surface area contributed by atoms with Crippen LogP contribution in [0, 0.1) is 6.92 Å². The van der Waals surface area contributed by atoms with Gasteiger partial charge in [0.25, 0.3) is 0 Å². The molecule has 0 aliphatic rings. The fraction of sp³-hybridized carbons (Fsp3) is 0.357. The zero-order valence-corrected chi connectivity index (χ0v) is 11.3. The predicted octanol–water partition coefficient (Wildman–Crippen LogP) is 1.68. The molecule has 1 aromatic carbocycles. The van der Waals surface area contributed by atoms with Crippen molar-refractivity contribution in [2.45, 2.75) is 26.3 Å². The number of ether oxygens (including phenoxy) is 1. The van der Waals surface area contributed by atoms with Gasteiger partial charge in [0.1, 0.15) is 12.4 Å². The predicted molar refractivity (Wildman–Crippen MR) is 72.7 cm³/mol. The molecule has 0 aliphatic heterocycles. The van der Waals surface area contributed by atoms with Crippen molar-refractivity contribution in [3.63, 3.8) is 0 Å². The van der Waals surface area contributed by atoms with E-state index in [9.17, 15) is 4.79 Å². The third kappa shape index (κ3) is 4.38. The van der Waals surface area contributed by atoms with Gasteiger partial charge < -0.3 is 9.84 Å². The lowest BCUT2D eigenvalue weighted by Crippen LogP contribution is -2.08. The van der Waals surface area contributed by atoms with Crippen molar-refractivity contribution in [1.82, 2.24) is 15.0 Å². The maximum absolute atomic E-state index is 10.5. The Kier molecular flexibility index (Phi) is 4.70. The molecule has 0 atom stereocenters. The van der Waals surface area contributed by atoms with Crippen LogP contribution in [0.5, 0.6) is 5.75 Å². The smallest absolute Gasteiger partial charge is 0.303 e. The van der Waals surface area contributed by atoms with Gasteiger partial charge in [-0.2, -0.15) is 0 Å². The minimum absolute atomic E-state index is 0.0679. The van der Waals surface area contributed by atoms with E-state index in [1.807, 2.05) is 31.2 Å². The molecule has 2 rings (SSSR count). The number of hydrogen-bond acceptors (Lipinski definition) is 4. The Bertz CT molecular complexity index is 581. The molecule has 0 radical (unpaired) electrons. The van der Waals surface area contributed by atoms with E-state index in [1.165, 1.54) is 0 Å². The summed E-state index contributed by atoms with van der Waals surface area (Å²) in [5.74, 6) is -0.00135. The van der Waals surface area contributed by atoms with Gasteiger partial charge in [-0.1, -0.05) is 17.3 Å². The summed E-state index contributed by atoms with van der Waals surface area (Å²) in [5.41, 5.74) is 1.84. The van der Waals surface area contributed by atoms with E-state index in [0.29, 0.717) is 25.3 Å². The van der Waals surface area contributed by atoms with E-state index in [0.717, 1.165) is 11.3 Å². The molecule has 0 saturated carbocycles. The highest BCUT2D eigenvalue weighted by Gasteiger charge is 2.04. The third-order valence-electron chi connectivity index (χ3n) is 2.76. The molecule has 0 saturated heterocycles. The van der Waals surface area contributed by atoms with Gasteiger partial charge in [0.2, 0.25) is 0 Å². The Balaban J connectivity index is 1.78. The van der Waals surface area contributed by atoms with Crippen molar-refractivity contribution in [1.29, 1.82) is 0 Å². The fourth-order valence-electron chi connectivity index (χ4n) is 1.76. The lowest BCUT2D eigenvalue weighted by atomic mass is 10.2. The van der Waals surface area contributed by atoms with Gasteiger partial charge in [0, 0.05) is 12.6 Å². The Hall–Kier alpha value is -2.37. The number of carbonyl (C=O) groups is 1. The summed E-state index contributed by atoms with van der Waals surface area (Å²) >= 11 is 0. The summed E-state index contributed by atoms with van der Waals surface area (Å²) in [6.07, 6.45) is 2.22. The summed E-state index contributed by atoms with van der Waals surface area (Å²) in [5, 5.41) is 16.5. The lowest BCUT2D eigenvalue weighted by molar-refractivity contribution is -0.136. The highest BCUT2D eigenvalue weighted by atomic mass is 16.5. The van der Waals surface area contributed by atoms with Gasteiger partial charge in [0.15, 0.2) is 0 Å². The van der Waals surface area contributed by atoms with Crippen LogP contribution in [0.2, 0.25) is 0 Å². The van der Waals surface area contributed by atoms with Gasteiger partial charge in [0.05, 0.1) is 18.7 Å². The Morgan fingerprint density at radius 3 is 3.05 bits per heavy atom. The molecule has 106 valence electrons. The first-order valence-corrected chi connectivity index (χ1v) is 6.44. The van der Waals surface area contributed by atoms with Gasteiger partial charge >= 0.3 is 5.97 Å². The minimum Gasteiger partial charge on any atom is -0.492 e. The first kappa shape index (κ1) is 14.0. The van der Waals surface area contributed by atoms with Crippen molar-refractivity contribution in [2.24, 2.45) is 0 Å². The molecular weight excluding hydrogens is 258 g/mol. The third-order valence-corrected chi connectivity index (χ3v) is 2.76. The van der Waals surface area contributed by atoms with Gasteiger partial charge in [-0.15, -0.1) is 5.10 Å². The number of benzene rings is 1. The van der Waals surface area contributed by atoms with E-state index in [1.54, 1.807) is 10.9 Å². The second kappa shape index (κ2) is 6.70. The average Bonchev–Trinajstić information content (AvgIpc) is 2.84. The summed E-state index contributed by atoms with van der Waals surface area (Å²) in [7, 11) is 0. The van der Waals surface area contributed by atoms with Gasteiger partial charge in [-0.05, 0) is 24.6 Å². The molecule has 6 heteroatoms. The van der Waals surface area contributed by atoms with Crippen LogP contribution in [0.15, 0.2) is 30.5 Å². The van der Waals surface area contributed by atoms with Crippen LogP contribution >= 0.6 is 0 Å². The highest BCUT2D eigenvalue weighted by Crippen LogP contribution is 2.12. The van der Waals surface area contributed by atoms with Gasteiger partial charge in [-0.25, -0.2) is 4.68 Å². The quantitative estimate of drug-likeness (QED) is 0.832. The van der Waals surface area contributed by atoms with Crippen molar-refractivity contribution in [2.75, 3.05) is 6.61 Å². The Morgan fingerprint density at radius 2 is 2.30 bits per heavy atom. The summed E-state index contributed by atoms with van der Waals surface area (Å²) in [6, 6.07) is 7.84. The van der Waals surface area contributed by atoms with Crippen LogP contribution in [0.4, 0.5) is 0 Å². The largest absolute Gasteiger partial charge is 0.492 e. The summed E-state index contributed by atoms with van der Waals surface area (Å²) in [4.78, 5) is 10.5. The van der Waals surface area contributed by atoms with Crippen molar-refractivity contribution in [3.05, 3.63) is 41.7 Å². The lowest BCUT2D eigenvalue weighted by Gasteiger charge is -2.06. The second-order valence-corrected chi connectivity index (χ2v) is 4.53. The molecule has 0 bridgehead atoms. The van der Waals surface area contributed by atoms with E-state index in [4.69, 9.17) is 9.84 Å². The maximum atomic E-state index is 10.5. The molecule has 0 fully saturated rings. The zero-order chi connectivity index (χ0) is 14.4. The molecule has 1 aromatic heterocycles. The summed E-state index contributed by atoms with van der Waals surface area (Å²) in [6.45, 7) is 3.08. The maximum Gasteiger partial charge on any atom is 0.303 e. The normalized spacial score (nSPS) is 10.4. The number of nitrogens with zero attached hydrogens (tertiary/aromatic N) is 3. The van der Waals surface area contributed by atoms with Crippen LogP contribution < -0.4 is 4.74 Å². The van der Waals surface area contributed by atoms with Crippen LogP contribution in [0.3, 0.4) is 0 Å². The van der Waals surface area contributed by atoms with E-state index < -0.39 is 5.97 Å². The van der Waals surface area contributed by atoms with E-state index in [2.05, 4.69) is 10.3 Å². The molecule has 2 aromatic rings. The number of aliphatic carboxylic acids is 1. The first-order chi connectivity index (χ1) is 9.63. The minimum atomic E-state index is -0.831. The van der Waals surface area contributed by atoms with Crippen LogP contribution in [-0.4, -0.2) is 32.7 Å². The monoisotopic (exact) mass is 275 g/mol. The highest BCUT2D eigenvalue weighted by molar-refractivity contribution is 5.66. The van der Waals surface area contributed by atoms with E-state index >= 15 is 0 Å². The molecule has 20 heavy (non-hydrogen) atoms. The molecule has 0 spiro atoms. The second-order valence-electron chi connectivity index (χ2n) is 4.53. The van der Waals surface area contributed by atoms with Crippen molar-refractivity contribution >= 4 is 5.97 Å². The Labute approximate surface area is 117 Å². The number of hydrogen-bond donors (Lipinski definition) is 1. The average molecular weight is 275 g/mol. The summed E-state index contributed by atoms with van der Waals surface area (Å²) < 4.78 is 7.28. The van der Waals surface area contributed by atoms with Crippen molar-refractivity contribution < 1.29 is 14.6 Å². The van der Waals surface area contributed by atoms with Crippen LogP contribution in [0.1, 0.15) is 17.7 Å². The van der Waals surface area contributed by atoms with Crippen LogP contribution in [0.25, 0.3) is 0 Å². The Morgan fingerprint density at radius 1 is 1.45 bits per heavy atom. The zero-order valence-electron chi connectivity index (χ0n) is 11.3. The number of aromatic nitrogens is 3. The molecular formula is C14H17N3O3. The number of aryl methyl sites for hydroxylation is 2. The standard InChI is InChI=1S/C14H17N3O3/c1-11-3-2-4-13(9-11)20-8-7-17-10-12(15-16-17)5-6-14(18)19/h2-4,9-10H,5-8H2,1H3,(H,18,19). The van der Waals surface area contributed by atoms with Crippen molar-refractivity contribution in [3.8, 4) is 5.75 Å². The molecule has 6 nitrogen and oxygen atoms in total. The van der Waals surface area contributed by atoms with E-state index in [-0.39, 0.29) is 6.42 Å². The molecule has 1 N–H and O–H groups in total. The molecule has 0 amide bonds.